The Hall–Kier alpha value is -2.37. The summed E-state index contributed by atoms with van der Waals surface area (Å²) >= 11 is 0. The highest BCUT2D eigenvalue weighted by Crippen LogP contribution is 2.25. The Bertz CT molecular complexity index is 507. The van der Waals surface area contributed by atoms with Crippen LogP contribution in [0.15, 0.2) is 23.8 Å². The number of nitrogens with zero attached hydrogens (tertiary/aromatic N) is 1. The first kappa shape index (κ1) is 13.7. The van der Waals surface area contributed by atoms with Gasteiger partial charge in [0, 0.05) is 23.3 Å². The van der Waals surface area contributed by atoms with Crippen LogP contribution < -0.4 is 0 Å². The lowest BCUT2D eigenvalue weighted by atomic mass is 10.1. The first-order valence-corrected chi connectivity index (χ1v) is 5.28. The summed E-state index contributed by atoms with van der Waals surface area (Å²) in [6.45, 7) is 3.43. The second kappa shape index (κ2) is 5.81. The minimum atomic E-state index is -0.573. The maximum Gasteiger partial charge on any atom is 0.333 e. The summed E-state index contributed by atoms with van der Waals surface area (Å²) < 4.78 is 4.77. The van der Waals surface area contributed by atoms with Crippen LogP contribution in [-0.4, -0.2) is 22.6 Å². The fourth-order valence-electron chi connectivity index (χ4n) is 1.31. The number of phenolic OH excluding ortho intramolecular Hbond substituents is 1. The Balaban J connectivity index is 3.09. The van der Waals surface area contributed by atoms with E-state index in [0.29, 0.717) is 0 Å². The summed E-state index contributed by atoms with van der Waals surface area (Å²) in [5.41, 5.74) is 0.304. The molecule has 0 saturated heterocycles. The van der Waals surface area contributed by atoms with E-state index in [1.54, 1.807) is 6.92 Å². The average molecular weight is 251 g/mol. The Labute approximate surface area is 104 Å². The lowest BCUT2D eigenvalue weighted by Gasteiger charge is -2.03. The van der Waals surface area contributed by atoms with E-state index < -0.39 is 10.9 Å². The van der Waals surface area contributed by atoms with Gasteiger partial charge in [-0.3, -0.25) is 10.1 Å². The molecule has 6 heteroatoms. The van der Waals surface area contributed by atoms with Crippen molar-refractivity contribution in [3.8, 4) is 5.75 Å². The molecular formula is C12H13NO5. The van der Waals surface area contributed by atoms with Gasteiger partial charge < -0.3 is 9.84 Å². The fraction of sp³-hybridized carbons (Fsp3) is 0.250. The van der Waals surface area contributed by atoms with Crippen molar-refractivity contribution >= 4 is 17.7 Å². The largest absolute Gasteiger partial charge is 0.507 e. The Morgan fingerprint density at radius 2 is 2.22 bits per heavy atom. The summed E-state index contributed by atoms with van der Waals surface area (Å²) in [5.74, 6) is -0.660. The lowest BCUT2D eigenvalue weighted by molar-refractivity contribution is -0.384. The van der Waals surface area contributed by atoms with Crippen molar-refractivity contribution in [2.24, 2.45) is 0 Å². The van der Waals surface area contributed by atoms with Crippen LogP contribution in [0.4, 0.5) is 5.69 Å². The quantitative estimate of drug-likeness (QED) is 0.383. The van der Waals surface area contributed by atoms with Crippen LogP contribution in [0.1, 0.15) is 19.4 Å². The number of nitro groups is 1. The first-order valence-electron chi connectivity index (χ1n) is 5.28. The molecule has 0 saturated carbocycles. The third-order valence-electron chi connectivity index (χ3n) is 2.19. The van der Waals surface area contributed by atoms with Crippen molar-refractivity contribution in [2.75, 3.05) is 6.61 Å². The number of carbonyl (C=O) groups excluding carboxylic acids is 1. The van der Waals surface area contributed by atoms with Gasteiger partial charge in [0.25, 0.3) is 5.69 Å². The molecule has 0 aliphatic carbocycles. The van der Waals surface area contributed by atoms with Gasteiger partial charge in [-0.15, -0.1) is 0 Å². The van der Waals surface area contributed by atoms with Crippen molar-refractivity contribution in [3.05, 3.63) is 39.4 Å². The van der Waals surface area contributed by atoms with Crippen LogP contribution in [0.5, 0.6) is 5.75 Å². The number of aromatic hydroxyl groups is 1. The summed E-state index contributed by atoms with van der Waals surface area (Å²) in [5, 5.41) is 20.2. The maximum atomic E-state index is 11.4. The molecule has 0 spiro atoms. The highest BCUT2D eigenvalue weighted by Gasteiger charge is 2.11. The zero-order valence-electron chi connectivity index (χ0n) is 10.0. The number of esters is 1. The van der Waals surface area contributed by atoms with Crippen molar-refractivity contribution < 1.29 is 19.6 Å². The molecule has 0 bridgehead atoms. The van der Waals surface area contributed by atoms with E-state index in [4.69, 9.17) is 4.74 Å². The Morgan fingerprint density at radius 3 is 2.78 bits per heavy atom. The minimum absolute atomic E-state index is 0.135. The topological polar surface area (TPSA) is 89.7 Å². The number of ether oxygens (including phenoxy) is 1. The molecule has 1 aromatic rings. The molecule has 6 nitrogen and oxygen atoms in total. The summed E-state index contributed by atoms with van der Waals surface area (Å²) in [4.78, 5) is 21.4. The standard InChI is InChI=1S/C12H13NO5/c1-3-18-12(15)8(2)6-9-7-10(13(16)17)4-5-11(9)14/h4-7,14H,3H2,1-2H3. The number of hydrogen-bond acceptors (Lipinski definition) is 5. The van der Waals surface area contributed by atoms with Gasteiger partial charge in [0.1, 0.15) is 5.75 Å². The van der Waals surface area contributed by atoms with E-state index in [1.807, 2.05) is 0 Å². The van der Waals surface area contributed by atoms with E-state index in [9.17, 15) is 20.0 Å². The minimum Gasteiger partial charge on any atom is -0.507 e. The zero-order chi connectivity index (χ0) is 13.7. The number of carbonyl (C=O) groups is 1. The van der Waals surface area contributed by atoms with Gasteiger partial charge in [0.2, 0.25) is 0 Å². The predicted octanol–water partition coefficient (Wildman–Crippen LogP) is 2.27. The normalized spacial score (nSPS) is 11.1. The predicted molar refractivity (Wildman–Crippen MR) is 65.0 cm³/mol. The second-order valence-electron chi connectivity index (χ2n) is 3.55. The molecule has 1 rings (SSSR count). The molecule has 96 valence electrons. The number of nitro benzene ring substituents is 1. The highest BCUT2D eigenvalue weighted by atomic mass is 16.6. The molecule has 0 fully saturated rings. The van der Waals surface area contributed by atoms with Gasteiger partial charge in [-0.05, 0) is 26.0 Å². The summed E-state index contributed by atoms with van der Waals surface area (Å²) in [6, 6.07) is 3.59. The number of phenols is 1. The van der Waals surface area contributed by atoms with Gasteiger partial charge in [-0.2, -0.15) is 0 Å². The molecule has 0 aliphatic heterocycles. The monoisotopic (exact) mass is 251 g/mol. The van der Waals surface area contributed by atoms with E-state index in [1.165, 1.54) is 31.2 Å². The van der Waals surface area contributed by atoms with Crippen LogP contribution in [0.2, 0.25) is 0 Å². The van der Waals surface area contributed by atoms with Crippen LogP contribution in [0, 0.1) is 10.1 Å². The van der Waals surface area contributed by atoms with Gasteiger partial charge in [-0.1, -0.05) is 0 Å². The Kier molecular flexibility index (Phi) is 4.42. The summed E-state index contributed by atoms with van der Waals surface area (Å²) in [7, 11) is 0. The zero-order valence-corrected chi connectivity index (χ0v) is 10.0. The smallest absolute Gasteiger partial charge is 0.333 e. The molecular weight excluding hydrogens is 238 g/mol. The van der Waals surface area contributed by atoms with Crippen molar-refractivity contribution in [2.45, 2.75) is 13.8 Å². The number of non-ortho nitro benzene ring substituents is 1. The van der Waals surface area contributed by atoms with Crippen molar-refractivity contribution in [1.82, 2.24) is 0 Å². The molecule has 18 heavy (non-hydrogen) atoms. The van der Waals surface area contributed by atoms with Crippen molar-refractivity contribution in [3.63, 3.8) is 0 Å². The van der Waals surface area contributed by atoms with Crippen LogP contribution in [0.3, 0.4) is 0 Å². The van der Waals surface area contributed by atoms with Crippen LogP contribution in [-0.2, 0) is 9.53 Å². The SMILES string of the molecule is CCOC(=O)C(C)=Cc1cc([N+](=O)[O-])ccc1O. The molecule has 0 radical (unpaired) electrons. The van der Waals surface area contributed by atoms with Gasteiger partial charge in [-0.25, -0.2) is 4.79 Å². The molecule has 1 aromatic carbocycles. The third kappa shape index (κ3) is 3.31. The van der Waals surface area contributed by atoms with E-state index in [2.05, 4.69) is 0 Å². The molecule has 0 aromatic heterocycles. The van der Waals surface area contributed by atoms with E-state index in [0.717, 1.165) is 0 Å². The molecule has 0 amide bonds. The van der Waals surface area contributed by atoms with Crippen LogP contribution in [0.25, 0.3) is 6.08 Å². The van der Waals surface area contributed by atoms with E-state index in [-0.39, 0.29) is 29.2 Å². The highest BCUT2D eigenvalue weighted by molar-refractivity contribution is 5.93. The number of rotatable bonds is 4. The lowest BCUT2D eigenvalue weighted by Crippen LogP contribution is -2.04. The van der Waals surface area contributed by atoms with E-state index >= 15 is 0 Å². The maximum absolute atomic E-state index is 11.4. The van der Waals surface area contributed by atoms with Gasteiger partial charge in [0.15, 0.2) is 0 Å². The van der Waals surface area contributed by atoms with Gasteiger partial charge in [0.05, 0.1) is 11.5 Å². The third-order valence-corrected chi connectivity index (χ3v) is 2.19. The van der Waals surface area contributed by atoms with Crippen molar-refractivity contribution in [1.29, 1.82) is 0 Å². The molecule has 0 aliphatic rings. The fourth-order valence-corrected chi connectivity index (χ4v) is 1.31. The Morgan fingerprint density at radius 1 is 1.56 bits per heavy atom. The molecule has 0 heterocycles. The second-order valence-corrected chi connectivity index (χ2v) is 3.55. The first-order chi connectivity index (χ1) is 8.45. The molecule has 1 N–H and O–H groups in total. The average Bonchev–Trinajstić information content (AvgIpc) is 2.31. The summed E-state index contributed by atoms with van der Waals surface area (Å²) in [6.07, 6.45) is 1.35. The molecule has 0 atom stereocenters. The van der Waals surface area contributed by atoms with Crippen LogP contribution >= 0.6 is 0 Å². The number of benzene rings is 1. The molecule has 0 unspecified atom stereocenters. The number of hydrogen-bond donors (Lipinski definition) is 1. The van der Waals surface area contributed by atoms with Gasteiger partial charge >= 0.3 is 5.97 Å².